The Bertz CT molecular complexity index is 1130. The molecule has 0 bridgehead atoms. The number of aromatic nitrogens is 2. The molecule has 0 aliphatic carbocycles. The minimum atomic E-state index is -0.515. The number of nitro benzene ring substituents is 1. The summed E-state index contributed by atoms with van der Waals surface area (Å²) in [6, 6.07) is 11.0. The van der Waals surface area contributed by atoms with Crippen molar-refractivity contribution >= 4 is 11.6 Å². The monoisotopic (exact) mass is 454 g/mol. The van der Waals surface area contributed by atoms with E-state index >= 15 is 0 Å². The Morgan fingerprint density at radius 3 is 2.61 bits per heavy atom. The molecule has 0 saturated carbocycles. The quantitative estimate of drug-likeness (QED) is 0.331. The number of ether oxygens (including phenoxy) is 2. The van der Waals surface area contributed by atoms with E-state index < -0.39 is 4.92 Å². The largest absolute Gasteiger partial charge is 0.493 e. The number of non-ortho nitro benzene ring substituents is 1. The summed E-state index contributed by atoms with van der Waals surface area (Å²) in [5.41, 5.74) is 0.844. The number of amides is 1. The van der Waals surface area contributed by atoms with Crippen LogP contribution in [0.5, 0.6) is 11.5 Å². The van der Waals surface area contributed by atoms with Gasteiger partial charge < -0.3 is 18.9 Å². The Morgan fingerprint density at radius 2 is 1.94 bits per heavy atom. The first kappa shape index (κ1) is 23.7. The van der Waals surface area contributed by atoms with Gasteiger partial charge in [-0.25, -0.2) is 0 Å². The molecule has 10 heteroatoms. The van der Waals surface area contributed by atoms with Crippen LogP contribution in [0, 0.1) is 10.1 Å². The minimum Gasteiger partial charge on any atom is -0.493 e. The SMILES string of the molecule is CC[C@H](C)N(CCc1nc(-c2ccc(OC)c(OC)c2)no1)C(=O)c1cccc([N+](=O)[O-])c1. The zero-order valence-electron chi connectivity index (χ0n) is 19.0. The molecule has 0 spiro atoms. The third-order valence-corrected chi connectivity index (χ3v) is 5.36. The number of carbonyl (C=O) groups excluding carboxylic acids is 1. The number of hydrogen-bond donors (Lipinski definition) is 0. The Hall–Kier alpha value is -3.95. The summed E-state index contributed by atoms with van der Waals surface area (Å²) < 4.78 is 16.0. The van der Waals surface area contributed by atoms with Crippen LogP contribution in [0.2, 0.25) is 0 Å². The second-order valence-electron chi connectivity index (χ2n) is 7.39. The number of benzene rings is 2. The van der Waals surface area contributed by atoms with E-state index in [1.807, 2.05) is 13.8 Å². The number of nitro groups is 1. The van der Waals surface area contributed by atoms with E-state index in [2.05, 4.69) is 10.1 Å². The van der Waals surface area contributed by atoms with Crippen molar-refractivity contribution < 1.29 is 23.7 Å². The van der Waals surface area contributed by atoms with Crippen molar-refractivity contribution in [3.8, 4) is 22.9 Å². The Kier molecular flexibility index (Phi) is 7.60. The van der Waals surface area contributed by atoms with Crippen LogP contribution in [-0.4, -0.2) is 52.7 Å². The summed E-state index contributed by atoms with van der Waals surface area (Å²) in [5.74, 6) is 1.62. The van der Waals surface area contributed by atoms with Crippen LogP contribution in [0.4, 0.5) is 5.69 Å². The van der Waals surface area contributed by atoms with Crippen LogP contribution in [0.3, 0.4) is 0 Å². The van der Waals surface area contributed by atoms with Gasteiger partial charge in [0.15, 0.2) is 11.5 Å². The molecule has 10 nitrogen and oxygen atoms in total. The molecule has 3 rings (SSSR count). The summed E-state index contributed by atoms with van der Waals surface area (Å²) in [5, 5.41) is 15.1. The molecule has 33 heavy (non-hydrogen) atoms. The smallest absolute Gasteiger partial charge is 0.270 e. The van der Waals surface area contributed by atoms with Crippen LogP contribution in [0.1, 0.15) is 36.5 Å². The zero-order valence-corrected chi connectivity index (χ0v) is 19.0. The van der Waals surface area contributed by atoms with Crippen LogP contribution >= 0.6 is 0 Å². The lowest BCUT2D eigenvalue weighted by Crippen LogP contribution is -2.39. The van der Waals surface area contributed by atoms with E-state index in [0.29, 0.717) is 41.7 Å². The molecule has 1 heterocycles. The molecule has 2 aromatic carbocycles. The van der Waals surface area contributed by atoms with Gasteiger partial charge >= 0.3 is 0 Å². The van der Waals surface area contributed by atoms with Crippen molar-refractivity contribution in [1.82, 2.24) is 15.0 Å². The second kappa shape index (κ2) is 10.6. The minimum absolute atomic E-state index is 0.0787. The van der Waals surface area contributed by atoms with Gasteiger partial charge in [0.05, 0.1) is 19.1 Å². The first-order chi connectivity index (χ1) is 15.9. The fraction of sp³-hybridized carbons (Fsp3) is 0.348. The van der Waals surface area contributed by atoms with Crippen molar-refractivity contribution in [3.63, 3.8) is 0 Å². The Balaban J connectivity index is 1.76. The molecule has 0 saturated heterocycles. The lowest BCUT2D eigenvalue weighted by atomic mass is 10.1. The van der Waals surface area contributed by atoms with E-state index in [-0.39, 0.29) is 23.2 Å². The number of methoxy groups -OCH3 is 2. The lowest BCUT2D eigenvalue weighted by molar-refractivity contribution is -0.384. The molecule has 1 atom stereocenters. The average molecular weight is 454 g/mol. The number of nitrogens with zero attached hydrogens (tertiary/aromatic N) is 4. The van der Waals surface area contributed by atoms with Crippen LogP contribution in [0.15, 0.2) is 47.0 Å². The van der Waals surface area contributed by atoms with Gasteiger partial charge in [0.1, 0.15) is 0 Å². The zero-order chi connectivity index (χ0) is 24.0. The molecule has 0 fully saturated rings. The van der Waals surface area contributed by atoms with Gasteiger partial charge in [-0.05, 0) is 37.6 Å². The average Bonchev–Trinajstić information content (AvgIpc) is 3.32. The summed E-state index contributed by atoms with van der Waals surface area (Å²) in [6.07, 6.45) is 1.06. The predicted molar refractivity (Wildman–Crippen MR) is 120 cm³/mol. The van der Waals surface area contributed by atoms with E-state index in [9.17, 15) is 14.9 Å². The molecule has 0 radical (unpaired) electrons. The molecule has 0 unspecified atom stereocenters. The van der Waals surface area contributed by atoms with Gasteiger partial charge in [-0.3, -0.25) is 14.9 Å². The third kappa shape index (κ3) is 5.46. The van der Waals surface area contributed by atoms with Crippen LogP contribution in [-0.2, 0) is 6.42 Å². The van der Waals surface area contributed by atoms with Crippen molar-refractivity contribution in [1.29, 1.82) is 0 Å². The predicted octanol–water partition coefficient (Wildman–Crippen LogP) is 4.15. The molecule has 0 aliphatic heterocycles. The van der Waals surface area contributed by atoms with Crippen molar-refractivity contribution in [2.45, 2.75) is 32.7 Å². The summed E-state index contributed by atoms with van der Waals surface area (Å²) in [6.45, 7) is 4.22. The third-order valence-electron chi connectivity index (χ3n) is 5.36. The maximum Gasteiger partial charge on any atom is 0.270 e. The van der Waals surface area contributed by atoms with Crippen LogP contribution < -0.4 is 9.47 Å². The van der Waals surface area contributed by atoms with E-state index in [0.717, 1.165) is 6.42 Å². The molecular weight excluding hydrogens is 428 g/mol. The molecule has 174 valence electrons. The normalized spacial score (nSPS) is 11.6. The van der Waals surface area contributed by atoms with Crippen molar-refractivity contribution in [2.75, 3.05) is 20.8 Å². The maximum absolute atomic E-state index is 13.1. The van der Waals surface area contributed by atoms with E-state index in [1.54, 1.807) is 43.4 Å². The first-order valence-electron chi connectivity index (χ1n) is 10.5. The molecule has 3 aromatic rings. The molecule has 1 aromatic heterocycles. The maximum atomic E-state index is 13.1. The highest BCUT2D eigenvalue weighted by molar-refractivity contribution is 5.95. The number of hydrogen-bond acceptors (Lipinski definition) is 8. The van der Waals surface area contributed by atoms with E-state index in [1.165, 1.54) is 18.2 Å². The highest BCUT2D eigenvalue weighted by Gasteiger charge is 2.23. The Labute approximate surface area is 191 Å². The van der Waals surface area contributed by atoms with Gasteiger partial charge in [0.25, 0.3) is 11.6 Å². The van der Waals surface area contributed by atoms with Gasteiger partial charge in [-0.15, -0.1) is 0 Å². The molecule has 0 N–H and O–H groups in total. The van der Waals surface area contributed by atoms with E-state index in [4.69, 9.17) is 14.0 Å². The highest BCUT2D eigenvalue weighted by atomic mass is 16.6. The van der Waals surface area contributed by atoms with Gasteiger partial charge in [0.2, 0.25) is 11.7 Å². The van der Waals surface area contributed by atoms with Gasteiger partial charge in [-0.2, -0.15) is 4.98 Å². The fourth-order valence-corrected chi connectivity index (χ4v) is 3.33. The first-order valence-corrected chi connectivity index (χ1v) is 10.5. The summed E-state index contributed by atoms with van der Waals surface area (Å²) in [7, 11) is 3.10. The number of carbonyl (C=O) groups is 1. The van der Waals surface area contributed by atoms with Gasteiger partial charge in [0, 0.05) is 42.3 Å². The topological polar surface area (TPSA) is 121 Å². The molecular formula is C23H26N4O6. The molecule has 0 aliphatic rings. The van der Waals surface area contributed by atoms with Crippen molar-refractivity contribution in [3.05, 3.63) is 64.0 Å². The highest BCUT2D eigenvalue weighted by Crippen LogP contribution is 2.31. The summed E-state index contributed by atoms with van der Waals surface area (Å²) in [4.78, 5) is 29.8. The lowest BCUT2D eigenvalue weighted by Gasteiger charge is -2.28. The number of rotatable bonds is 10. The Morgan fingerprint density at radius 1 is 1.18 bits per heavy atom. The second-order valence-corrected chi connectivity index (χ2v) is 7.39. The van der Waals surface area contributed by atoms with Crippen LogP contribution in [0.25, 0.3) is 11.4 Å². The summed E-state index contributed by atoms with van der Waals surface area (Å²) >= 11 is 0. The standard InChI is InChI=1S/C23H26N4O6/c1-5-15(2)26(23(28)17-7-6-8-18(13-17)27(29)30)12-11-21-24-22(25-33-21)16-9-10-19(31-3)20(14-16)32-4/h6-10,13-15H,5,11-12H2,1-4H3/t15-/m0/s1. The van der Waals surface area contributed by atoms with Crippen molar-refractivity contribution in [2.24, 2.45) is 0 Å². The molecule has 1 amide bonds. The fourth-order valence-electron chi connectivity index (χ4n) is 3.33. The van der Waals surface area contributed by atoms with Gasteiger partial charge in [-0.1, -0.05) is 18.1 Å².